The van der Waals surface area contributed by atoms with Crippen LogP contribution in [-0.2, 0) is 4.79 Å². The van der Waals surface area contributed by atoms with Gasteiger partial charge in [-0.1, -0.05) is 20.8 Å². The van der Waals surface area contributed by atoms with Crippen LogP contribution < -0.4 is 0 Å². The average Bonchev–Trinajstić information content (AvgIpc) is 2.12. The Kier molecular flexibility index (Phi) is 2.10. The lowest BCUT2D eigenvalue weighted by atomic mass is 9.43. The summed E-state index contributed by atoms with van der Waals surface area (Å²) in [6.07, 6.45) is 7.85. The average molecular weight is 220 g/mol. The molecule has 4 rings (SSSR count). The molecule has 0 amide bonds. The Morgan fingerprint density at radius 2 is 1.69 bits per heavy atom. The van der Waals surface area contributed by atoms with Crippen LogP contribution in [0.25, 0.3) is 0 Å². The van der Waals surface area contributed by atoms with E-state index >= 15 is 0 Å². The monoisotopic (exact) mass is 220 g/mol. The first kappa shape index (κ1) is 10.8. The minimum Gasteiger partial charge on any atom is -0.299 e. The number of carbonyl (C=O) groups excluding carboxylic acids is 1. The van der Waals surface area contributed by atoms with Gasteiger partial charge in [0, 0.05) is 11.3 Å². The Hall–Kier alpha value is -0.330. The first-order chi connectivity index (χ1) is 7.42. The predicted molar refractivity (Wildman–Crippen MR) is 65.1 cm³/mol. The van der Waals surface area contributed by atoms with Crippen LogP contribution in [0.3, 0.4) is 0 Å². The van der Waals surface area contributed by atoms with E-state index < -0.39 is 0 Å². The molecule has 16 heavy (non-hydrogen) atoms. The summed E-state index contributed by atoms with van der Waals surface area (Å²) in [5.41, 5.74) is 0.613. The number of rotatable bonds is 2. The molecule has 2 unspecified atom stereocenters. The van der Waals surface area contributed by atoms with Crippen molar-refractivity contribution in [1.82, 2.24) is 0 Å². The summed E-state index contributed by atoms with van der Waals surface area (Å²) in [4.78, 5) is 12.5. The van der Waals surface area contributed by atoms with Gasteiger partial charge in [0.1, 0.15) is 5.78 Å². The van der Waals surface area contributed by atoms with E-state index in [9.17, 15) is 4.79 Å². The number of hydrogen-bond donors (Lipinski definition) is 0. The Morgan fingerprint density at radius 3 is 2.12 bits per heavy atom. The molecule has 1 nitrogen and oxygen atoms in total. The van der Waals surface area contributed by atoms with Crippen molar-refractivity contribution in [3.63, 3.8) is 0 Å². The first-order valence-corrected chi connectivity index (χ1v) is 6.97. The van der Waals surface area contributed by atoms with Crippen molar-refractivity contribution in [2.24, 2.45) is 28.6 Å². The van der Waals surface area contributed by atoms with Crippen molar-refractivity contribution in [1.29, 1.82) is 0 Å². The van der Waals surface area contributed by atoms with Gasteiger partial charge in [0.05, 0.1) is 0 Å². The number of Topliss-reactive ketones (excluding diaryl/α,β-unsaturated/α-hetero) is 1. The van der Waals surface area contributed by atoms with Gasteiger partial charge in [0.2, 0.25) is 0 Å². The molecule has 2 atom stereocenters. The summed E-state index contributed by atoms with van der Waals surface area (Å²) in [7, 11) is 0. The summed E-state index contributed by atoms with van der Waals surface area (Å²) >= 11 is 0. The second-order valence-corrected chi connectivity index (χ2v) is 7.57. The van der Waals surface area contributed by atoms with E-state index in [1.54, 1.807) is 0 Å². The molecule has 0 saturated heterocycles. The molecule has 0 aromatic rings. The van der Waals surface area contributed by atoms with Gasteiger partial charge in [-0.3, -0.25) is 4.79 Å². The van der Waals surface area contributed by atoms with Crippen LogP contribution in [0.2, 0.25) is 0 Å². The summed E-state index contributed by atoms with van der Waals surface area (Å²) in [5.74, 6) is 2.55. The molecule has 4 fully saturated rings. The standard InChI is InChI=1S/C15H24O/c1-10(2)13(16)15-7-11-4-12(8-15)6-14(3,5-11)9-15/h10-12H,4-9H2,1-3H3. The summed E-state index contributed by atoms with van der Waals surface area (Å²) in [6, 6.07) is 0. The van der Waals surface area contributed by atoms with Gasteiger partial charge in [0.25, 0.3) is 0 Å². The van der Waals surface area contributed by atoms with E-state index in [2.05, 4.69) is 20.8 Å². The molecule has 0 heterocycles. The van der Waals surface area contributed by atoms with E-state index in [1.807, 2.05) is 0 Å². The van der Waals surface area contributed by atoms with Crippen molar-refractivity contribution >= 4 is 5.78 Å². The number of hydrogen-bond acceptors (Lipinski definition) is 1. The van der Waals surface area contributed by atoms with Crippen LogP contribution >= 0.6 is 0 Å². The normalized spacial score (nSPS) is 50.0. The zero-order valence-corrected chi connectivity index (χ0v) is 10.9. The molecule has 4 aliphatic rings. The minimum absolute atomic E-state index is 0.104. The predicted octanol–water partition coefficient (Wildman–Crippen LogP) is 3.82. The third-order valence-electron chi connectivity index (χ3n) is 5.40. The molecule has 4 aliphatic carbocycles. The van der Waals surface area contributed by atoms with E-state index in [1.165, 1.54) is 38.5 Å². The highest BCUT2D eigenvalue weighted by atomic mass is 16.1. The van der Waals surface area contributed by atoms with Crippen molar-refractivity contribution < 1.29 is 4.79 Å². The highest BCUT2D eigenvalue weighted by Crippen LogP contribution is 2.65. The summed E-state index contributed by atoms with van der Waals surface area (Å²) in [5, 5.41) is 0. The van der Waals surface area contributed by atoms with Gasteiger partial charge in [-0.25, -0.2) is 0 Å². The van der Waals surface area contributed by atoms with Gasteiger partial charge < -0.3 is 0 Å². The van der Waals surface area contributed by atoms with Gasteiger partial charge in [-0.2, -0.15) is 0 Å². The van der Waals surface area contributed by atoms with E-state index in [0.717, 1.165) is 11.8 Å². The SMILES string of the molecule is CC(C)C(=O)C12CC3CC(CC(C)(C3)C1)C2. The zero-order chi connectivity index (χ0) is 11.6. The molecule has 0 spiro atoms. The van der Waals surface area contributed by atoms with Crippen molar-refractivity contribution in [3.8, 4) is 0 Å². The van der Waals surface area contributed by atoms with Gasteiger partial charge >= 0.3 is 0 Å². The second kappa shape index (κ2) is 3.11. The fourth-order valence-electron chi connectivity index (χ4n) is 5.62. The van der Waals surface area contributed by atoms with Crippen LogP contribution in [0.4, 0.5) is 0 Å². The van der Waals surface area contributed by atoms with Gasteiger partial charge in [-0.05, 0) is 55.8 Å². The summed E-state index contributed by atoms with van der Waals surface area (Å²) in [6.45, 7) is 6.61. The van der Waals surface area contributed by atoms with Crippen LogP contribution in [0.1, 0.15) is 59.3 Å². The Labute approximate surface area is 99.0 Å². The molecule has 0 radical (unpaired) electrons. The maximum atomic E-state index is 12.5. The highest BCUT2D eigenvalue weighted by Gasteiger charge is 2.58. The molecule has 0 aliphatic heterocycles. The molecule has 0 aromatic carbocycles. The highest BCUT2D eigenvalue weighted by molar-refractivity contribution is 5.87. The van der Waals surface area contributed by atoms with Crippen LogP contribution in [0.5, 0.6) is 0 Å². The van der Waals surface area contributed by atoms with Crippen LogP contribution in [-0.4, -0.2) is 5.78 Å². The number of ketones is 1. The minimum atomic E-state index is 0.104. The molecular weight excluding hydrogens is 196 g/mol. The lowest BCUT2D eigenvalue weighted by Gasteiger charge is -2.61. The second-order valence-electron chi connectivity index (χ2n) is 7.57. The zero-order valence-electron chi connectivity index (χ0n) is 10.9. The fraction of sp³-hybridized carbons (Fsp3) is 0.933. The molecular formula is C15H24O. The third kappa shape index (κ3) is 1.39. The smallest absolute Gasteiger partial charge is 0.141 e. The van der Waals surface area contributed by atoms with Crippen molar-refractivity contribution in [2.45, 2.75) is 59.3 Å². The maximum Gasteiger partial charge on any atom is 0.141 e. The van der Waals surface area contributed by atoms with Gasteiger partial charge in [-0.15, -0.1) is 0 Å². The molecule has 4 bridgehead atoms. The van der Waals surface area contributed by atoms with Crippen LogP contribution in [0, 0.1) is 28.6 Å². The van der Waals surface area contributed by atoms with Crippen LogP contribution in [0.15, 0.2) is 0 Å². The van der Waals surface area contributed by atoms with Crippen molar-refractivity contribution in [2.75, 3.05) is 0 Å². The Bertz CT molecular complexity index is 314. The molecule has 0 aromatic heterocycles. The number of carbonyl (C=O) groups is 1. The molecule has 0 N–H and O–H groups in total. The van der Waals surface area contributed by atoms with Gasteiger partial charge in [0.15, 0.2) is 0 Å². The molecule has 4 saturated carbocycles. The Balaban J connectivity index is 1.95. The largest absolute Gasteiger partial charge is 0.299 e. The maximum absolute atomic E-state index is 12.5. The third-order valence-corrected chi connectivity index (χ3v) is 5.40. The van der Waals surface area contributed by atoms with E-state index in [-0.39, 0.29) is 11.3 Å². The lowest BCUT2D eigenvalue weighted by molar-refractivity contribution is -0.156. The van der Waals surface area contributed by atoms with Crippen molar-refractivity contribution in [3.05, 3.63) is 0 Å². The summed E-state index contributed by atoms with van der Waals surface area (Å²) < 4.78 is 0. The Morgan fingerprint density at radius 1 is 1.12 bits per heavy atom. The quantitative estimate of drug-likeness (QED) is 0.691. The topological polar surface area (TPSA) is 17.1 Å². The first-order valence-electron chi connectivity index (χ1n) is 6.97. The molecule has 90 valence electrons. The molecule has 1 heteroatoms. The van der Waals surface area contributed by atoms with E-state index in [0.29, 0.717) is 11.2 Å². The van der Waals surface area contributed by atoms with E-state index in [4.69, 9.17) is 0 Å². The fourth-order valence-corrected chi connectivity index (χ4v) is 5.62. The lowest BCUT2D eigenvalue weighted by Crippen LogP contribution is -2.54.